The Kier molecular flexibility index (Phi) is 4.58. The van der Waals surface area contributed by atoms with Crippen LogP contribution in [-0.2, 0) is 0 Å². The Morgan fingerprint density at radius 2 is 1.85 bits per heavy atom. The lowest BCUT2D eigenvalue weighted by Gasteiger charge is -2.10. The van der Waals surface area contributed by atoms with E-state index in [9.17, 15) is 9.90 Å². The highest BCUT2D eigenvalue weighted by molar-refractivity contribution is 5.98. The first-order valence-corrected chi connectivity index (χ1v) is 6.72. The topological polar surface area (TPSA) is 52.6 Å². The van der Waals surface area contributed by atoms with Crippen molar-refractivity contribution in [1.29, 1.82) is 0 Å². The van der Waals surface area contributed by atoms with Crippen molar-refractivity contribution in [3.63, 3.8) is 0 Å². The number of carbonyl (C=O) groups excluding carboxylic acids is 1. The maximum atomic E-state index is 12.0. The molecule has 106 valence electrons. The molecule has 0 aliphatic heterocycles. The lowest BCUT2D eigenvalue weighted by atomic mass is 10.1. The van der Waals surface area contributed by atoms with Crippen molar-refractivity contribution >= 4 is 16.7 Å². The molecule has 4 nitrogen and oxygen atoms in total. The van der Waals surface area contributed by atoms with E-state index >= 15 is 0 Å². The fourth-order valence-corrected chi connectivity index (χ4v) is 2.07. The molecule has 0 saturated heterocycles. The maximum absolute atomic E-state index is 12.0. The van der Waals surface area contributed by atoms with Gasteiger partial charge in [-0.05, 0) is 62.1 Å². The van der Waals surface area contributed by atoms with E-state index in [-0.39, 0.29) is 11.7 Å². The summed E-state index contributed by atoms with van der Waals surface area (Å²) in [7, 11) is 4.03. The summed E-state index contributed by atoms with van der Waals surface area (Å²) in [4.78, 5) is 14.1. The number of rotatable bonds is 5. The molecule has 0 aliphatic carbocycles. The summed E-state index contributed by atoms with van der Waals surface area (Å²) in [5.74, 6) is 0.178. The molecule has 4 heteroatoms. The zero-order chi connectivity index (χ0) is 14.5. The number of nitrogens with one attached hydrogen (secondary N) is 1. The van der Waals surface area contributed by atoms with E-state index < -0.39 is 0 Å². The lowest BCUT2D eigenvalue weighted by Crippen LogP contribution is -2.27. The number of hydrogen-bond donors (Lipinski definition) is 2. The molecule has 0 aromatic heterocycles. The van der Waals surface area contributed by atoms with Crippen LogP contribution >= 0.6 is 0 Å². The van der Waals surface area contributed by atoms with Gasteiger partial charge in [-0.1, -0.05) is 12.1 Å². The first-order valence-electron chi connectivity index (χ1n) is 6.72. The number of aromatic hydroxyl groups is 1. The highest BCUT2D eigenvalue weighted by Crippen LogP contribution is 2.21. The second-order valence-electron chi connectivity index (χ2n) is 5.16. The van der Waals surface area contributed by atoms with E-state index in [0.29, 0.717) is 12.1 Å². The molecule has 0 radical (unpaired) electrons. The van der Waals surface area contributed by atoms with Crippen molar-refractivity contribution < 1.29 is 9.90 Å². The van der Waals surface area contributed by atoms with Crippen LogP contribution in [0.3, 0.4) is 0 Å². The van der Waals surface area contributed by atoms with Crippen LogP contribution in [0.15, 0.2) is 36.4 Å². The van der Waals surface area contributed by atoms with E-state index in [1.807, 2.05) is 32.3 Å². The SMILES string of the molecule is CN(C)CCCNC(=O)c1ccc2cc(O)ccc2c1. The van der Waals surface area contributed by atoms with E-state index in [2.05, 4.69) is 10.2 Å². The Hall–Kier alpha value is -2.07. The van der Waals surface area contributed by atoms with E-state index in [0.717, 1.165) is 23.7 Å². The van der Waals surface area contributed by atoms with Gasteiger partial charge in [0.15, 0.2) is 0 Å². The van der Waals surface area contributed by atoms with Gasteiger partial charge in [0.05, 0.1) is 0 Å². The van der Waals surface area contributed by atoms with E-state index in [1.165, 1.54) is 0 Å². The quantitative estimate of drug-likeness (QED) is 0.821. The van der Waals surface area contributed by atoms with Crippen LogP contribution in [0.25, 0.3) is 10.8 Å². The van der Waals surface area contributed by atoms with Gasteiger partial charge in [0, 0.05) is 12.1 Å². The van der Waals surface area contributed by atoms with Crippen molar-refractivity contribution in [3.8, 4) is 5.75 Å². The monoisotopic (exact) mass is 272 g/mol. The van der Waals surface area contributed by atoms with Gasteiger partial charge in [-0.25, -0.2) is 0 Å². The second-order valence-corrected chi connectivity index (χ2v) is 5.16. The molecular weight excluding hydrogens is 252 g/mol. The standard InChI is InChI=1S/C16H20N2O2/c1-18(2)9-3-8-17-16(20)14-5-4-13-11-15(19)7-6-12(13)10-14/h4-7,10-11,19H,3,8-9H2,1-2H3,(H,17,20). The lowest BCUT2D eigenvalue weighted by molar-refractivity contribution is 0.0952. The Morgan fingerprint density at radius 3 is 2.60 bits per heavy atom. The zero-order valence-corrected chi connectivity index (χ0v) is 11.9. The van der Waals surface area contributed by atoms with Gasteiger partial charge in [-0.2, -0.15) is 0 Å². The molecule has 1 amide bonds. The van der Waals surface area contributed by atoms with Gasteiger partial charge >= 0.3 is 0 Å². The summed E-state index contributed by atoms with van der Waals surface area (Å²) in [6.07, 6.45) is 0.931. The van der Waals surface area contributed by atoms with Gasteiger partial charge in [0.1, 0.15) is 5.75 Å². The highest BCUT2D eigenvalue weighted by atomic mass is 16.3. The predicted molar refractivity (Wildman–Crippen MR) is 81.1 cm³/mol. The van der Waals surface area contributed by atoms with Gasteiger partial charge in [-0.3, -0.25) is 4.79 Å². The molecule has 2 rings (SSSR count). The second kappa shape index (κ2) is 6.39. The number of amides is 1. The third-order valence-corrected chi connectivity index (χ3v) is 3.15. The summed E-state index contributed by atoms with van der Waals surface area (Å²) in [5, 5.41) is 14.2. The molecule has 2 aromatic carbocycles. The van der Waals surface area contributed by atoms with Gasteiger partial charge < -0.3 is 15.3 Å². The van der Waals surface area contributed by atoms with Crippen LogP contribution in [0.4, 0.5) is 0 Å². The Morgan fingerprint density at radius 1 is 1.15 bits per heavy atom. The molecule has 0 spiro atoms. The summed E-state index contributed by atoms with van der Waals surface area (Å²) < 4.78 is 0. The smallest absolute Gasteiger partial charge is 0.251 e. The summed E-state index contributed by atoms with van der Waals surface area (Å²) >= 11 is 0. The van der Waals surface area contributed by atoms with Gasteiger partial charge in [-0.15, -0.1) is 0 Å². The number of nitrogens with zero attached hydrogens (tertiary/aromatic N) is 1. The Labute approximate surface area is 119 Å². The maximum Gasteiger partial charge on any atom is 0.251 e. The molecule has 0 atom stereocenters. The summed E-state index contributed by atoms with van der Waals surface area (Å²) in [6.45, 7) is 1.63. The number of phenols is 1. The van der Waals surface area contributed by atoms with Crippen LogP contribution in [0.2, 0.25) is 0 Å². The average molecular weight is 272 g/mol. The van der Waals surface area contributed by atoms with Crippen molar-refractivity contribution in [2.75, 3.05) is 27.2 Å². The highest BCUT2D eigenvalue weighted by Gasteiger charge is 2.06. The molecule has 0 saturated carbocycles. The third-order valence-electron chi connectivity index (χ3n) is 3.15. The first-order chi connectivity index (χ1) is 9.56. The van der Waals surface area contributed by atoms with E-state index in [4.69, 9.17) is 0 Å². The van der Waals surface area contributed by atoms with Crippen molar-refractivity contribution in [3.05, 3.63) is 42.0 Å². The molecule has 2 aromatic rings. The fraction of sp³-hybridized carbons (Fsp3) is 0.312. The number of phenolic OH excluding ortho intramolecular Hbond substituents is 1. The fourth-order valence-electron chi connectivity index (χ4n) is 2.07. The normalized spacial score (nSPS) is 10.9. The number of hydrogen-bond acceptors (Lipinski definition) is 3. The van der Waals surface area contributed by atoms with Crippen LogP contribution in [-0.4, -0.2) is 43.1 Å². The van der Waals surface area contributed by atoms with Crippen molar-refractivity contribution in [2.24, 2.45) is 0 Å². The first kappa shape index (κ1) is 14.3. The number of carbonyl (C=O) groups is 1. The number of benzene rings is 2. The van der Waals surface area contributed by atoms with Crippen LogP contribution in [0.1, 0.15) is 16.8 Å². The van der Waals surface area contributed by atoms with Crippen molar-refractivity contribution in [1.82, 2.24) is 10.2 Å². The van der Waals surface area contributed by atoms with Gasteiger partial charge in [0.2, 0.25) is 0 Å². The van der Waals surface area contributed by atoms with Crippen LogP contribution in [0, 0.1) is 0 Å². The molecule has 0 fully saturated rings. The largest absolute Gasteiger partial charge is 0.508 e. The summed E-state index contributed by atoms with van der Waals surface area (Å²) in [5.41, 5.74) is 0.646. The zero-order valence-electron chi connectivity index (χ0n) is 11.9. The van der Waals surface area contributed by atoms with E-state index in [1.54, 1.807) is 18.2 Å². The summed E-state index contributed by atoms with van der Waals surface area (Å²) in [6, 6.07) is 10.6. The molecule has 2 N–H and O–H groups in total. The predicted octanol–water partition coefficient (Wildman–Crippen LogP) is 2.23. The molecule has 0 aliphatic rings. The molecule has 20 heavy (non-hydrogen) atoms. The molecule has 0 unspecified atom stereocenters. The molecule has 0 bridgehead atoms. The Balaban J connectivity index is 2.01. The third kappa shape index (κ3) is 3.71. The van der Waals surface area contributed by atoms with Crippen LogP contribution < -0.4 is 5.32 Å². The minimum absolute atomic E-state index is 0.0567. The van der Waals surface area contributed by atoms with Gasteiger partial charge in [0.25, 0.3) is 5.91 Å². The van der Waals surface area contributed by atoms with Crippen molar-refractivity contribution in [2.45, 2.75) is 6.42 Å². The van der Waals surface area contributed by atoms with Crippen LogP contribution in [0.5, 0.6) is 5.75 Å². The minimum atomic E-state index is -0.0567. The minimum Gasteiger partial charge on any atom is -0.508 e. The molecular formula is C16H20N2O2. The Bertz CT molecular complexity index is 608. The molecule has 0 heterocycles. The average Bonchev–Trinajstić information content (AvgIpc) is 2.42. The number of fused-ring (bicyclic) bond motifs is 1.